The molecule has 1 amide bonds. The van der Waals surface area contributed by atoms with Gasteiger partial charge in [0.05, 0.1) is 6.04 Å². The second kappa shape index (κ2) is 7.27. The van der Waals surface area contributed by atoms with Gasteiger partial charge < -0.3 is 9.64 Å². The molecule has 0 spiro atoms. The van der Waals surface area contributed by atoms with Crippen molar-refractivity contribution in [1.82, 2.24) is 4.90 Å². The first kappa shape index (κ1) is 18.1. The minimum atomic E-state index is -0.975. The van der Waals surface area contributed by atoms with Crippen LogP contribution in [0.2, 0.25) is 10.0 Å². The van der Waals surface area contributed by atoms with E-state index in [1.54, 1.807) is 38.1 Å². The number of rotatable bonds is 4. The Balaban J connectivity index is 1.80. The van der Waals surface area contributed by atoms with Gasteiger partial charge in [0.2, 0.25) is 0 Å². The SMILES string of the molecule is CC(C)(Oc1ccc(Cl)cc1)C(=O)N1CCCC1c1ccccc1Cl. The average Bonchev–Trinajstić information content (AvgIpc) is 3.05. The van der Waals surface area contributed by atoms with Crippen molar-refractivity contribution in [2.45, 2.75) is 38.3 Å². The lowest BCUT2D eigenvalue weighted by molar-refractivity contribution is -0.146. The fraction of sp³-hybridized carbons (Fsp3) is 0.350. The van der Waals surface area contributed by atoms with E-state index in [0.717, 1.165) is 18.4 Å². The molecule has 5 heteroatoms. The summed E-state index contributed by atoms with van der Waals surface area (Å²) >= 11 is 12.3. The van der Waals surface area contributed by atoms with Crippen LogP contribution in [0.25, 0.3) is 0 Å². The number of hydrogen-bond acceptors (Lipinski definition) is 2. The molecule has 1 heterocycles. The van der Waals surface area contributed by atoms with Crippen LogP contribution in [0.4, 0.5) is 0 Å². The van der Waals surface area contributed by atoms with Gasteiger partial charge in [-0.05, 0) is 62.6 Å². The summed E-state index contributed by atoms with van der Waals surface area (Å²) in [5.41, 5.74) is 0.0230. The minimum absolute atomic E-state index is 0.00528. The molecule has 2 aromatic rings. The number of ether oxygens (including phenoxy) is 1. The lowest BCUT2D eigenvalue weighted by atomic mass is 10.0. The molecule has 1 fully saturated rings. The topological polar surface area (TPSA) is 29.5 Å². The lowest BCUT2D eigenvalue weighted by Gasteiger charge is -2.34. The second-order valence-electron chi connectivity index (χ2n) is 6.74. The van der Waals surface area contributed by atoms with Crippen molar-refractivity contribution in [3.8, 4) is 5.75 Å². The van der Waals surface area contributed by atoms with Gasteiger partial charge in [-0.25, -0.2) is 0 Å². The first-order valence-electron chi connectivity index (χ1n) is 8.38. The van der Waals surface area contributed by atoms with Crippen molar-refractivity contribution in [2.24, 2.45) is 0 Å². The van der Waals surface area contributed by atoms with Gasteiger partial charge in [0.25, 0.3) is 5.91 Å². The van der Waals surface area contributed by atoms with Gasteiger partial charge in [0.15, 0.2) is 5.60 Å². The Morgan fingerprint density at radius 3 is 2.48 bits per heavy atom. The van der Waals surface area contributed by atoms with Crippen molar-refractivity contribution in [2.75, 3.05) is 6.54 Å². The van der Waals surface area contributed by atoms with Crippen LogP contribution in [0, 0.1) is 0 Å². The quantitative estimate of drug-likeness (QED) is 0.702. The summed E-state index contributed by atoms with van der Waals surface area (Å²) in [5.74, 6) is 0.584. The molecule has 0 N–H and O–H groups in total. The van der Waals surface area contributed by atoms with Gasteiger partial charge in [-0.3, -0.25) is 4.79 Å². The molecule has 3 rings (SSSR count). The minimum Gasteiger partial charge on any atom is -0.478 e. The lowest BCUT2D eigenvalue weighted by Crippen LogP contribution is -2.48. The maximum absolute atomic E-state index is 13.2. The average molecular weight is 378 g/mol. The maximum Gasteiger partial charge on any atom is 0.266 e. The number of benzene rings is 2. The van der Waals surface area contributed by atoms with E-state index in [1.165, 1.54) is 0 Å². The molecule has 3 nitrogen and oxygen atoms in total. The van der Waals surface area contributed by atoms with E-state index >= 15 is 0 Å². The van der Waals surface area contributed by atoms with E-state index in [1.807, 2.05) is 29.2 Å². The van der Waals surface area contributed by atoms with Crippen molar-refractivity contribution in [1.29, 1.82) is 0 Å². The Morgan fingerprint density at radius 2 is 1.80 bits per heavy atom. The zero-order valence-electron chi connectivity index (χ0n) is 14.3. The molecular formula is C20H21Cl2NO2. The Hall–Kier alpha value is -1.71. The molecule has 0 radical (unpaired) electrons. The number of nitrogens with zero attached hydrogens (tertiary/aromatic N) is 1. The van der Waals surface area contributed by atoms with E-state index in [0.29, 0.717) is 22.3 Å². The summed E-state index contributed by atoms with van der Waals surface area (Å²) in [6.07, 6.45) is 1.87. The smallest absolute Gasteiger partial charge is 0.266 e. The molecular weight excluding hydrogens is 357 g/mol. The number of carbonyl (C=O) groups is 1. The second-order valence-corrected chi connectivity index (χ2v) is 7.59. The highest BCUT2D eigenvalue weighted by molar-refractivity contribution is 6.31. The molecule has 0 bridgehead atoms. The van der Waals surface area contributed by atoms with Crippen LogP contribution in [0.1, 0.15) is 38.3 Å². The van der Waals surface area contributed by atoms with E-state index in [4.69, 9.17) is 27.9 Å². The van der Waals surface area contributed by atoms with Crippen LogP contribution in [0.15, 0.2) is 48.5 Å². The van der Waals surface area contributed by atoms with E-state index in [2.05, 4.69) is 0 Å². The van der Waals surface area contributed by atoms with E-state index < -0.39 is 5.60 Å². The predicted molar refractivity (Wildman–Crippen MR) is 101 cm³/mol. The van der Waals surface area contributed by atoms with Gasteiger partial charge in [-0.15, -0.1) is 0 Å². The van der Waals surface area contributed by atoms with Crippen molar-refractivity contribution in [3.05, 3.63) is 64.1 Å². The summed E-state index contributed by atoms with van der Waals surface area (Å²) in [5, 5.41) is 1.33. The number of likely N-dealkylation sites (tertiary alicyclic amines) is 1. The van der Waals surface area contributed by atoms with Gasteiger partial charge >= 0.3 is 0 Å². The van der Waals surface area contributed by atoms with Crippen LogP contribution in [-0.4, -0.2) is 23.0 Å². The summed E-state index contributed by atoms with van der Waals surface area (Å²) in [6, 6.07) is 14.8. The standard InChI is InChI=1S/C20H21Cl2NO2/c1-20(2,25-15-11-9-14(21)10-12-15)19(24)23-13-5-8-18(23)16-6-3-4-7-17(16)22/h3-4,6-7,9-12,18H,5,8,13H2,1-2H3. The number of halogens is 2. The fourth-order valence-corrected chi connectivity index (χ4v) is 3.65. The van der Waals surface area contributed by atoms with E-state index in [-0.39, 0.29) is 11.9 Å². The van der Waals surface area contributed by atoms with Gasteiger partial charge in [0, 0.05) is 16.6 Å². The highest BCUT2D eigenvalue weighted by Crippen LogP contribution is 2.37. The Labute approximate surface area is 158 Å². The van der Waals surface area contributed by atoms with Crippen LogP contribution in [-0.2, 0) is 4.79 Å². The molecule has 0 aliphatic carbocycles. The number of carbonyl (C=O) groups excluding carboxylic acids is 1. The molecule has 132 valence electrons. The summed E-state index contributed by atoms with van der Waals surface area (Å²) < 4.78 is 5.96. The van der Waals surface area contributed by atoms with Crippen LogP contribution in [0.3, 0.4) is 0 Å². The summed E-state index contributed by atoms with van der Waals surface area (Å²) in [4.78, 5) is 15.1. The van der Waals surface area contributed by atoms with Crippen LogP contribution < -0.4 is 4.74 Å². The number of hydrogen-bond donors (Lipinski definition) is 0. The molecule has 0 aromatic heterocycles. The van der Waals surface area contributed by atoms with Crippen molar-refractivity contribution in [3.63, 3.8) is 0 Å². The molecule has 2 aromatic carbocycles. The molecule has 1 aliphatic heterocycles. The third-order valence-electron chi connectivity index (χ3n) is 4.48. The zero-order chi connectivity index (χ0) is 18.0. The first-order valence-corrected chi connectivity index (χ1v) is 9.14. The van der Waals surface area contributed by atoms with Gasteiger partial charge in [0.1, 0.15) is 5.75 Å². The summed E-state index contributed by atoms with van der Waals surface area (Å²) in [7, 11) is 0. The fourth-order valence-electron chi connectivity index (χ4n) is 3.27. The normalized spacial score (nSPS) is 17.6. The number of amides is 1. The third-order valence-corrected chi connectivity index (χ3v) is 5.08. The predicted octanol–water partition coefficient (Wildman–Crippen LogP) is 5.51. The van der Waals surface area contributed by atoms with E-state index in [9.17, 15) is 4.79 Å². The van der Waals surface area contributed by atoms with Crippen molar-refractivity contribution < 1.29 is 9.53 Å². The van der Waals surface area contributed by atoms with Crippen molar-refractivity contribution >= 4 is 29.1 Å². The Kier molecular flexibility index (Phi) is 5.26. The first-order chi connectivity index (χ1) is 11.9. The molecule has 1 aliphatic rings. The summed E-state index contributed by atoms with van der Waals surface area (Å²) in [6.45, 7) is 4.31. The Morgan fingerprint density at radius 1 is 1.12 bits per heavy atom. The molecule has 1 unspecified atom stereocenters. The monoisotopic (exact) mass is 377 g/mol. The molecule has 25 heavy (non-hydrogen) atoms. The van der Waals surface area contributed by atoms with Crippen LogP contribution in [0.5, 0.6) is 5.75 Å². The highest BCUT2D eigenvalue weighted by atomic mass is 35.5. The van der Waals surface area contributed by atoms with Gasteiger partial charge in [-0.1, -0.05) is 41.4 Å². The maximum atomic E-state index is 13.2. The Bertz CT molecular complexity index is 759. The zero-order valence-corrected chi connectivity index (χ0v) is 15.8. The van der Waals surface area contributed by atoms with Crippen LogP contribution >= 0.6 is 23.2 Å². The molecule has 0 saturated carbocycles. The van der Waals surface area contributed by atoms with Gasteiger partial charge in [-0.2, -0.15) is 0 Å². The highest BCUT2D eigenvalue weighted by Gasteiger charge is 2.40. The third kappa shape index (κ3) is 3.94. The molecule has 1 saturated heterocycles. The largest absolute Gasteiger partial charge is 0.478 e. The molecule has 1 atom stereocenters.